The van der Waals surface area contributed by atoms with E-state index in [9.17, 15) is 0 Å². The van der Waals surface area contributed by atoms with Gasteiger partial charge in [-0.1, -0.05) is 26.0 Å². The molecule has 0 aliphatic carbocycles. The maximum absolute atomic E-state index is 4.79. The van der Waals surface area contributed by atoms with Gasteiger partial charge in [0.25, 0.3) is 0 Å². The predicted molar refractivity (Wildman–Crippen MR) is 112 cm³/mol. The Morgan fingerprint density at radius 2 is 1.89 bits per heavy atom. The quantitative estimate of drug-likeness (QED) is 0.476. The first kappa shape index (κ1) is 18.3. The third-order valence-electron chi connectivity index (χ3n) is 4.93. The van der Waals surface area contributed by atoms with Gasteiger partial charge < -0.3 is 10.2 Å². The van der Waals surface area contributed by atoms with Crippen LogP contribution in [0, 0.1) is 0 Å². The molecule has 1 N–H and O–H groups in total. The summed E-state index contributed by atoms with van der Waals surface area (Å²) < 4.78 is 1.81. The highest BCUT2D eigenvalue weighted by molar-refractivity contribution is 5.92. The van der Waals surface area contributed by atoms with E-state index >= 15 is 0 Å². The molecule has 1 aromatic carbocycles. The summed E-state index contributed by atoms with van der Waals surface area (Å²) in [6.45, 7) is 8.44. The first-order chi connectivity index (χ1) is 13.8. The second kappa shape index (κ2) is 8.31. The summed E-state index contributed by atoms with van der Waals surface area (Å²) >= 11 is 0. The van der Waals surface area contributed by atoms with Crippen molar-refractivity contribution in [1.29, 1.82) is 0 Å². The van der Waals surface area contributed by atoms with Gasteiger partial charge in [-0.05, 0) is 50.3 Å². The Hall–Kier alpha value is -3.06. The summed E-state index contributed by atoms with van der Waals surface area (Å²) in [5.74, 6) is 1.37. The van der Waals surface area contributed by atoms with Crippen molar-refractivity contribution in [3.05, 3.63) is 48.8 Å². The van der Waals surface area contributed by atoms with Crippen LogP contribution in [0.15, 0.2) is 48.8 Å². The number of benzene rings is 1. The maximum atomic E-state index is 4.79. The van der Waals surface area contributed by atoms with Crippen molar-refractivity contribution in [3.63, 3.8) is 0 Å². The zero-order valence-corrected chi connectivity index (χ0v) is 16.3. The summed E-state index contributed by atoms with van der Waals surface area (Å²) in [7, 11) is 0. The van der Waals surface area contributed by atoms with Gasteiger partial charge in [0, 0.05) is 29.9 Å². The van der Waals surface area contributed by atoms with Crippen molar-refractivity contribution in [2.45, 2.75) is 20.3 Å². The second-order valence-corrected chi connectivity index (χ2v) is 6.67. The second-order valence-electron chi connectivity index (χ2n) is 6.67. The molecule has 3 aromatic heterocycles. The van der Waals surface area contributed by atoms with Gasteiger partial charge in [-0.25, -0.2) is 9.97 Å². The van der Waals surface area contributed by atoms with Crippen LogP contribution in [0.5, 0.6) is 0 Å². The van der Waals surface area contributed by atoms with Crippen molar-refractivity contribution in [2.24, 2.45) is 0 Å². The number of nitrogens with one attached hydrogen (secondary N) is 1. The highest BCUT2D eigenvalue weighted by Gasteiger charge is 2.14. The Morgan fingerprint density at radius 1 is 1.04 bits per heavy atom. The van der Waals surface area contributed by atoms with Gasteiger partial charge in [-0.2, -0.15) is 4.52 Å². The lowest BCUT2D eigenvalue weighted by Crippen LogP contribution is -2.25. The molecule has 7 heteroatoms. The first-order valence-corrected chi connectivity index (χ1v) is 9.82. The smallest absolute Gasteiger partial charge is 0.226 e. The fourth-order valence-corrected chi connectivity index (χ4v) is 3.33. The summed E-state index contributed by atoms with van der Waals surface area (Å²) in [5.41, 5.74) is 2.60. The van der Waals surface area contributed by atoms with Gasteiger partial charge in [-0.15, -0.1) is 5.10 Å². The molecule has 7 nitrogen and oxygen atoms in total. The molecule has 0 fully saturated rings. The van der Waals surface area contributed by atoms with Crippen LogP contribution in [0.25, 0.3) is 27.9 Å². The number of pyridine rings is 1. The lowest BCUT2D eigenvalue weighted by Gasteiger charge is -2.17. The Balaban J connectivity index is 1.67. The van der Waals surface area contributed by atoms with Gasteiger partial charge in [0.05, 0.1) is 5.52 Å². The van der Waals surface area contributed by atoms with E-state index in [4.69, 9.17) is 15.1 Å². The van der Waals surface area contributed by atoms with Gasteiger partial charge in [0.15, 0.2) is 11.5 Å². The summed E-state index contributed by atoms with van der Waals surface area (Å²) in [6, 6.07) is 11.9. The van der Waals surface area contributed by atoms with Crippen molar-refractivity contribution >= 4 is 22.5 Å². The molecule has 0 atom stereocenters. The Labute approximate surface area is 164 Å². The van der Waals surface area contributed by atoms with Gasteiger partial charge in [0.2, 0.25) is 5.95 Å². The van der Waals surface area contributed by atoms with E-state index in [1.807, 2.05) is 40.9 Å². The van der Waals surface area contributed by atoms with Crippen molar-refractivity contribution in [3.8, 4) is 11.4 Å². The molecule has 0 bridgehead atoms. The van der Waals surface area contributed by atoms with Gasteiger partial charge in [-0.3, -0.25) is 4.98 Å². The minimum atomic E-state index is 0.650. The van der Waals surface area contributed by atoms with Gasteiger partial charge in [0.1, 0.15) is 0 Å². The summed E-state index contributed by atoms with van der Waals surface area (Å²) in [6.07, 6.45) is 4.57. The lowest BCUT2D eigenvalue weighted by atomic mass is 10.2. The molecule has 4 aromatic rings. The van der Waals surface area contributed by atoms with Crippen LogP contribution in [0.2, 0.25) is 0 Å². The normalized spacial score (nSPS) is 11.5. The Bertz CT molecular complexity index is 1050. The SMILES string of the molecule is CCN(CC)CCCNc1nc2ccccc2c2nc(-c3cccnc3)nn12. The van der Waals surface area contributed by atoms with Crippen LogP contribution in [-0.2, 0) is 0 Å². The molecular formula is C21H25N7. The molecule has 0 aliphatic heterocycles. The molecule has 0 unspecified atom stereocenters. The topological polar surface area (TPSA) is 71.2 Å². The largest absolute Gasteiger partial charge is 0.354 e. The van der Waals surface area contributed by atoms with Crippen molar-refractivity contribution in [2.75, 3.05) is 31.5 Å². The monoisotopic (exact) mass is 375 g/mol. The molecule has 0 aliphatic rings. The van der Waals surface area contributed by atoms with Crippen molar-refractivity contribution < 1.29 is 0 Å². The minimum Gasteiger partial charge on any atom is -0.354 e. The standard InChI is InChI=1S/C21H25N7/c1-3-27(4-2)14-8-13-23-21-24-18-11-6-5-10-17(18)20-25-19(26-28(20)21)16-9-7-12-22-15-16/h5-7,9-12,15H,3-4,8,13-14H2,1-2H3,(H,23,24). The molecule has 28 heavy (non-hydrogen) atoms. The van der Waals surface area contributed by atoms with E-state index in [2.05, 4.69) is 29.0 Å². The molecule has 3 heterocycles. The maximum Gasteiger partial charge on any atom is 0.226 e. The van der Waals surface area contributed by atoms with Crippen LogP contribution < -0.4 is 5.32 Å². The van der Waals surface area contributed by atoms with E-state index in [0.717, 1.165) is 60.7 Å². The Morgan fingerprint density at radius 3 is 2.68 bits per heavy atom. The van der Waals surface area contributed by atoms with Crippen LogP contribution in [0.3, 0.4) is 0 Å². The minimum absolute atomic E-state index is 0.650. The van der Waals surface area contributed by atoms with E-state index in [-0.39, 0.29) is 0 Å². The van der Waals surface area contributed by atoms with E-state index in [1.54, 1.807) is 12.4 Å². The lowest BCUT2D eigenvalue weighted by molar-refractivity contribution is 0.303. The average molecular weight is 375 g/mol. The number of fused-ring (bicyclic) bond motifs is 3. The number of nitrogens with zero attached hydrogens (tertiary/aromatic N) is 6. The van der Waals surface area contributed by atoms with E-state index in [0.29, 0.717) is 5.82 Å². The molecule has 0 saturated heterocycles. The fourth-order valence-electron chi connectivity index (χ4n) is 3.33. The number of aromatic nitrogens is 5. The molecule has 0 saturated carbocycles. The van der Waals surface area contributed by atoms with Gasteiger partial charge >= 0.3 is 0 Å². The third-order valence-corrected chi connectivity index (χ3v) is 4.93. The summed E-state index contributed by atoms with van der Waals surface area (Å²) in [4.78, 5) is 16.2. The highest BCUT2D eigenvalue weighted by atomic mass is 15.4. The van der Waals surface area contributed by atoms with E-state index in [1.165, 1.54) is 0 Å². The highest BCUT2D eigenvalue weighted by Crippen LogP contribution is 2.23. The fraction of sp³-hybridized carbons (Fsp3) is 0.333. The molecular weight excluding hydrogens is 350 g/mol. The number of rotatable bonds is 8. The average Bonchev–Trinajstić information content (AvgIpc) is 3.20. The van der Waals surface area contributed by atoms with Crippen LogP contribution in [0.4, 0.5) is 5.95 Å². The first-order valence-electron chi connectivity index (χ1n) is 9.82. The molecule has 0 amide bonds. The predicted octanol–water partition coefficient (Wildman–Crippen LogP) is 3.48. The van der Waals surface area contributed by atoms with Crippen LogP contribution in [0.1, 0.15) is 20.3 Å². The number of hydrogen-bond acceptors (Lipinski definition) is 6. The van der Waals surface area contributed by atoms with Crippen molar-refractivity contribution in [1.82, 2.24) is 29.5 Å². The molecule has 144 valence electrons. The van der Waals surface area contributed by atoms with Crippen LogP contribution in [-0.4, -0.2) is 55.6 Å². The molecule has 0 radical (unpaired) electrons. The Kier molecular flexibility index (Phi) is 5.43. The zero-order valence-electron chi connectivity index (χ0n) is 16.3. The number of anilines is 1. The molecule has 0 spiro atoms. The van der Waals surface area contributed by atoms with E-state index < -0.39 is 0 Å². The molecule has 4 rings (SSSR count). The number of para-hydroxylation sites is 1. The van der Waals surface area contributed by atoms with Crippen LogP contribution >= 0.6 is 0 Å². The zero-order chi connectivity index (χ0) is 19.3. The third kappa shape index (κ3) is 3.66. The summed E-state index contributed by atoms with van der Waals surface area (Å²) in [5, 5.41) is 9.15. The number of hydrogen-bond donors (Lipinski definition) is 1.